The van der Waals surface area contributed by atoms with Crippen molar-refractivity contribution in [1.29, 1.82) is 0 Å². The Morgan fingerprint density at radius 1 is 0.925 bits per heavy atom. The van der Waals surface area contributed by atoms with E-state index in [-0.39, 0.29) is 27.8 Å². The minimum atomic E-state index is -4.47. The molecular weight excluding hydrogens is 756 g/mol. The fourth-order valence-electron chi connectivity index (χ4n) is 5.92. The molecule has 0 aliphatic heterocycles. The molecule has 0 bridgehead atoms. The average Bonchev–Trinajstić information content (AvgIpc) is 3.66. The molecule has 7 rings (SSSR count). The van der Waals surface area contributed by atoms with Crippen LogP contribution in [0.4, 0.5) is 11.4 Å². The normalized spacial score (nSPS) is 11.6. The van der Waals surface area contributed by atoms with Crippen LogP contribution in [0.1, 0.15) is 11.3 Å². The second-order valence-electron chi connectivity index (χ2n) is 11.9. The summed E-state index contributed by atoms with van der Waals surface area (Å²) < 4.78 is 34.0. The lowest BCUT2D eigenvalue weighted by Crippen LogP contribution is -2.24. The first kappa shape index (κ1) is 35.9. The first-order valence-electron chi connectivity index (χ1n) is 16.1. The molecule has 4 aromatic carbocycles. The lowest BCUT2D eigenvalue weighted by molar-refractivity contribution is -0.388. The van der Waals surface area contributed by atoms with Crippen molar-refractivity contribution in [3.8, 4) is 16.8 Å². The maximum Gasteiger partial charge on any atom is 0.296 e. The molecule has 0 saturated heterocycles. The first-order valence-corrected chi connectivity index (χ1v) is 19.6. The number of aryl methyl sites for hydroxylation is 1. The fraction of sp³-hybridized carbons (Fsp3) is 0.108. The Bertz CT molecular complexity index is 2760. The van der Waals surface area contributed by atoms with Gasteiger partial charge in [0, 0.05) is 41.2 Å². The van der Waals surface area contributed by atoms with Crippen LogP contribution in [0.15, 0.2) is 133 Å². The van der Waals surface area contributed by atoms with Crippen molar-refractivity contribution in [2.45, 2.75) is 34.8 Å². The van der Waals surface area contributed by atoms with Gasteiger partial charge in [-0.15, -0.1) is 11.3 Å². The average molecular weight is 785 g/mol. The summed E-state index contributed by atoms with van der Waals surface area (Å²) in [6.45, 7) is 1.81. The lowest BCUT2D eigenvalue weighted by Gasteiger charge is -2.14. The Hall–Kier alpha value is -5.48. The molecule has 0 radical (unpaired) electrons. The van der Waals surface area contributed by atoms with Gasteiger partial charge in [0.05, 0.1) is 31.5 Å². The monoisotopic (exact) mass is 784 g/mol. The molecule has 7 aromatic rings. The molecule has 0 unspecified atom stereocenters. The van der Waals surface area contributed by atoms with Crippen molar-refractivity contribution < 1.29 is 13.3 Å². The number of nitrogens with one attached hydrogen (secondary N) is 1. The quantitative estimate of drug-likeness (QED) is 0.0797. The van der Waals surface area contributed by atoms with Crippen LogP contribution in [0.3, 0.4) is 0 Å². The minimum absolute atomic E-state index is 0.0684. The van der Waals surface area contributed by atoms with Crippen LogP contribution in [-0.2, 0) is 30.0 Å². The summed E-state index contributed by atoms with van der Waals surface area (Å²) in [4.78, 5) is 44.4. The number of thiophene rings is 1. The number of nitro groups is 1. The summed E-state index contributed by atoms with van der Waals surface area (Å²) in [6, 6.07) is 28.9. The molecule has 0 amide bonds. The topological polar surface area (TPSA) is 151 Å². The molecule has 53 heavy (non-hydrogen) atoms. The van der Waals surface area contributed by atoms with E-state index in [1.165, 1.54) is 37.4 Å². The Balaban J connectivity index is 1.28. The summed E-state index contributed by atoms with van der Waals surface area (Å²) in [6.07, 6.45) is 0.475. The van der Waals surface area contributed by atoms with E-state index in [1.807, 2.05) is 47.8 Å². The van der Waals surface area contributed by atoms with E-state index in [2.05, 4.69) is 4.72 Å². The van der Waals surface area contributed by atoms with Crippen molar-refractivity contribution >= 4 is 66.3 Å². The van der Waals surface area contributed by atoms with Gasteiger partial charge in [0.2, 0.25) is 0 Å². The predicted octanol–water partition coefficient (Wildman–Crippen LogP) is 7.68. The third-order valence-corrected chi connectivity index (χ3v) is 12.3. The van der Waals surface area contributed by atoms with Gasteiger partial charge in [-0.25, -0.2) is 18.1 Å². The fourth-order valence-corrected chi connectivity index (χ4v) is 9.27. The number of nitrogens with zero attached hydrogens (tertiary/aromatic N) is 5. The zero-order valence-corrected chi connectivity index (χ0v) is 31.3. The summed E-state index contributed by atoms with van der Waals surface area (Å²) in [5, 5.41) is 15.3. The molecule has 0 fully saturated rings. The van der Waals surface area contributed by atoms with Gasteiger partial charge in [0.25, 0.3) is 26.8 Å². The summed E-state index contributed by atoms with van der Waals surface area (Å²) in [5.41, 5.74) is 1.51. The highest BCUT2D eigenvalue weighted by atomic mass is 35.5. The van der Waals surface area contributed by atoms with Gasteiger partial charge in [-0.3, -0.25) is 33.7 Å². The predicted molar refractivity (Wildman–Crippen MR) is 208 cm³/mol. The maximum absolute atomic E-state index is 14.3. The third-order valence-electron chi connectivity index (χ3n) is 8.72. The van der Waals surface area contributed by atoms with E-state index >= 15 is 0 Å². The summed E-state index contributed by atoms with van der Waals surface area (Å²) >= 11 is 8.66. The smallest absolute Gasteiger partial charge is 0.286 e. The van der Waals surface area contributed by atoms with Crippen LogP contribution in [0, 0.1) is 17.0 Å². The number of aromatic nitrogens is 4. The Labute approximate surface area is 316 Å². The minimum Gasteiger partial charge on any atom is -0.286 e. The number of nitro benzene ring substituents is 1. The van der Waals surface area contributed by atoms with Crippen LogP contribution in [0.2, 0.25) is 5.02 Å². The van der Waals surface area contributed by atoms with Crippen molar-refractivity contribution in [3.05, 3.63) is 156 Å². The highest BCUT2D eigenvalue weighted by Crippen LogP contribution is 2.39. The highest BCUT2D eigenvalue weighted by Gasteiger charge is 2.27. The zero-order chi connectivity index (χ0) is 37.4. The van der Waals surface area contributed by atoms with Crippen LogP contribution < -0.4 is 15.8 Å². The van der Waals surface area contributed by atoms with Crippen molar-refractivity contribution in [2.75, 3.05) is 4.72 Å². The molecule has 12 nitrogen and oxygen atoms in total. The summed E-state index contributed by atoms with van der Waals surface area (Å²) in [7, 11) is -2.85. The molecule has 0 atom stereocenters. The first-order chi connectivity index (χ1) is 25.4. The van der Waals surface area contributed by atoms with Gasteiger partial charge in [0.15, 0.2) is 5.16 Å². The second kappa shape index (κ2) is 14.5. The molecule has 0 saturated carbocycles. The van der Waals surface area contributed by atoms with E-state index < -0.39 is 31.1 Å². The number of hydrogen-bond donors (Lipinski definition) is 1. The van der Waals surface area contributed by atoms with Gasteiger partial charge >= 0.3 is 0 Å². The van der Waals surface area contributed by atoms with Crippen molar-refractivity contribution in [1.82, 2.24) is 18.9 Å². The van der Waals surface area contributed by atoms with E-state index in [9.17, 15) is 28.1 Å². The highest BCUT2D eigenvalue weighted by molar-refractivity contribution is 7.99. The number of anilines is 1. The number of halogens is 1. The molecule has 0 aliphatic rings. The van der Waals surface area contributed by atoms with E-state index in [1.54, 1.807) is 56.4 Å². The van der Waals surface area contributed by atoms with Gasteiger partial charge in [-0.05, 0) is 61.0 Å². The lowest BCUT2D eigenvalue weighted by atomic mass is 10.1. The molecule has 16 heteroatoms. The number of sulfonamides is 1. The number of benzene rings is 4. The largest absolute Gasteiger partial charge is 0.296 e. The van der Waals surface area contributed by atoms with Gasteiger partial charge in [-0.1, -0.05) is 78.3 Å². The van der Waals surface area contributed by atoms with Crippen LogP contribution in [0.5, 0.6) is 0 Å². The Morgan fingerprint density at radius 2 is 1.60 bits per heavy atom. The van der Waals surface area contributed by atoms with Gasteiger partial charge < -0.3 is 0 Å². The van der Waals surface area contributed by atoms with E-state index in [0.717, 1.165) is 23.4 Å². The second-order valence-corrected chi connectivity index (χ2v) is 15.9. The van der Waals surface area contributed by atoms with Gasteiger partial charge in [-0.2, -0.15) is 0 Å². The maximum atomic E-state index is 14.3. The third kappa shape index (κ3) is 6.91. The van der Waals surface area contributed by atoms with E-state index in [4.69, 9.17) is 16.6 Å². The number of rotatable bonds is 11. The zero-order valence-electron chi connectivity index (χ0n) is 28.1. The molecule has 3 heterocycles. The molecular formula is C37H29ClN6O6S3. The molecule has 268 valence electrons. The van der Waals surface area contributed by atoms with Gasteiger partial charge in [0.1, 0.15) is 10.5 Å². The Morgan fingerprint density at radius 3 is 2.30 bits per heavy atom. The molecule has 3 aromatic heterocycles. The van der Waals surface area contributed by atoms with E-state index in [0.29, 0.717) is 44.2 Å². The number of fused-ring (bicyclic) bond motifs is 1. The van der Waals surface area contributed by atoms with Crippen LogP contribution in [0.25, 0.3) is 27.0 Å². The van der Waals surface area contributed by atoms with Crippen LogP contribution >= 0.6 is 34.7 Å². The van der Waals surface area contributed by atoms with Crippen LogP contribution in [-0.4, -0.2) is 32.3 Å². The summed E-state index contributed by atoms with van der Waals surface area (Å²) in [5.74, 6) is 0. The Kier molecular flexibility index (Phi) is 9.83. The SMILES string of the molecule is Cc1c(NS(=O)(=O)c2ccc(Sc3nc4scc(-c5ccccc5Cl)c4c(=O)n3CCc3ccccc3)c([N+](=O)[O-])c2)c(=O)n(-c2ccccc2)n1C. The molecule has 0 spiro atoms. The standard InChI is InChI=1S/C37H29ClN6O6S3/c1-23-33(36(46)43(41(23)2)25-13-7-4-8-14-25)40-53(49,50)26-17-18-31(30(21-26)44(47)48)52-37-39-34-32(28(22-51-34)27-15-9-10-16-29(27)38)35(45)42(37)20-19-24-11-5-3-6-12-24/h3-18,21-22,40H,19-20H2,1-2H3. The number of para-hydroxylation sites is 1. The van der Waals surface area contributed by atoms with Crippen molar-refractivity contribution in [3.63, 3.8) is 0 Å². The number of hydrogen-bond acceptors (Lipinski definition) is 9. The molecule has 0 aliphatic carbocycles. The van der Waals surface area contributed by atoms with Crippen molar-refractivity contribution in [2.24, 2.45) is 7.05 Å². The molecule has 1 N–H and O–H groups in total.